The molecule has 0 unspecified atom stereocenters. The van der Waals surface area contributed by atoms with Gasteiger partial charge in [0.15, 0.2) is 0 Å². The highest BCUT2D eigenvalue weighted by Gasteiger charge is 2.43. The molecule has 6 heteroatoms. The largest absolute Gasteiger partial charge is 0.485 e. The van der Waals surface area contributed by atoms with Crippen LogP contribution >= 0.6 is 0 Å². The summed E-state index contributed by atoms with van der Waals surface area (Å²) in [7, 11) is -1.51. The maximum Gasteiger partial charge on any atom is 0.243 e. The van der Waals surface area contributed by atoms with Gasteiger partial charge in [-0.1, -0.05) is 35.4 Å². The van der Waals surface area contributed by atoms with Gasteiger partial charge in [0.2, 0.25) is 10.0 Å². The van der Waals surface area contributed by atoms with E-state index >= 15 is 0 Å². The van der Waals surface area contributed by atoms with Crippen LogP contribution in [0, 0.1) is 13.8 Å². The minimum atomic E-state index is -3.61. The molecular weight excluding hydrogens is 372 g/mol. The van der Waals surface area contributed by atoms with Gasteiger partial charge in [-0.05, 0) is 39.1 Å². The zero-order valence-corrected chi connectivity index (χ0v) is 17.6. The number of rotatable bonds is 2. The minimum Gasteiger partial charge on any atom is -0.485 e. The van der Waals surface area contributed by atoms with Crippen LogP contribution in [0.1, 0.15) is 29.5 Å². The van der Waals surface area contributed by atoms with Crippen LogP contribution in [0.15, 0.2) is 47.4 Å². The quantitative estimate of drug-likeness (QED) is 0.776. The molecule has 5 nitrogen and oxygen atoms in total. The average Bonchev–Trinajstić information content (AvgIpc) is 2.82. The Hall–Kier alpha value is -1.89. The summed E-state index contributed by atoms with van der Waals surface area (Å²) in [5.74, 6) is 0.816. The zero-order valence-electron chi connectivity index (χ0n) is 16.8. The number of ether oxygens (including phenoxy) is 1. The Morgan fingerprint density at radius 3 is 2.29 bits per heavy atom. The molecule has 0 radical (unpaired) electrons. The maximum absolute atomic E-state index is 13.5. The maximum atomic E-state index is 13.5. The van der Waals surface area contributed by atoms with E-state index in [1.165, 1.54) is 0 Å². The van der Waals surface area contributed by atoms with E-state index in [1.807, 2.05) is 44.2 Å². The number of sulfonamides is 1. The zero-order chi connectivity index (χ0) is 19.9. The number of aryl methyl sites for hydroxylation is 2. The molecule has 1 spiro atoms. The number of fused-ring (bicyclic) bond motifs is 1. The van der Waals surface area contributed by atoms with Crippen LogP contribution in [-0.2, 0) is 16.6 Å². The second-order valence-electron chi connectivity index (χ2n) is 8.29. The fraction of sp³-hybridized carbons (Fsp3) is 0.455. The molecule has 28 heavy (non-hydrogen) atoms. The van der Waals surface area contributed by atoms with Crippen LogP contribution in [0.2, 0.25) is 0 Å². The molecule has 150 valence electrons. The first kappa shape index (κ1) is 19.4. The molecule has 1 fully saturated rings. The highest BCUT2D eigenvalue weighted by molar-refractivity contribution is 7.89. The van der Waals surface area contributed by atoms with E-state index in [0.717, 1.165) is 48.4 Å². The van der Waals surface area contributed by atoms with Crippen molar-refractivity contribution in [3.8, 4) is 5.75 Å². The summed E-state index contributed by atoms with van der Waals surface area (Å²) in [5.41, 5.74) is 2.61. The molecule has 0 aliphatic carbocycles. The van der Waals surface area contributed by atoms with Crippen molar-refractivity contribution in [1.82, 2.24) is 9.21 Å². The van der Waals surface area contributed by atoms with E-state index in [1.54, 1.807) is 16.4 Å². The summed E-state index contributed by atoms with van der Waals surface area (Å²) in [5, 5.41) is 0. The van der Waals surface area contributed by atoms with Crippen LogP contribution < -0.4 is 4.74 Å². The first-order valence-corrected chi connectivity index (χ1v) is 11.3. The molecule has 0 atom stereocenters. The Bertz CT molecular complexity index is 962. The molecule has 2 aromatic carbocycles. The molecule has 2 aliphatic rings. The number of nitrogens with zero attached hydrogens (tertiary/aromatic N) is 2. The number of piperidine rings is 1. The van der Waals surface area contributed by atoms with E-state index in [2.05, 4.69) is 11.9 Å². The van der Waals surface area contributed by atoms with Crippen molar-refractivity contribution >= 4 is 10.0 Å². The third-order valence-electron chi connectivity index (χ3n) is 5.91. The first-order chi connectivity index (χ1) is 13.3. The van der Waals surface area contributed by atoms with E-state index < -0.39 is 15.6 Å². The predicted octanol–water partition coefficient (Wildman–Crippen LogP) is 3.35. The van der Waals surface area contributed by atoms with Crippen LogP contribution in [0.3, 0.4) is 0 Å². The minimum absolute atomic E-state index is 0.338. The normalized spacial score (nSPS) is 20.4. The van der Waals surface area contributed by atoms with Gasteiger partial charge < -0.3 is 9.64 Å². The van der Waals surface area contributed by atoms with Gasteiger partial charge in [-0.2, -0.15) is 4.31 Å². The third-order valence-corrected chi connectivity index (χ3v) is 7.72. The monoisotopic (exact) mass is 400 g/mol. The fourth-order valence-electron chi connectivity index (χ4n) is 4.08. The van der Waals surface area contributed by atoms with Gasteiger partial charge in [-0.3, -0.25) is 0 Å². The number of likely N-dealkylation sites (tertiary alicyclic amines) is 1. The number of benzene rings is 2. The predicted molar refractivity (Wildman–Crippen MR) is 110 cm³/mol. The molecule has 0 N–H and O–H groups in total. The molecule has 1 saturated heterocycles. The lowest BCUT2D eigenvalue weighted by Crippen LogP contribution is -2.53. The topological polar surface area (TPSA) is 49.9 Å². The van der Waals surface area contributed by atoms with Crippen molar-refractivity contribution in [2.45, 2.75) is 43.7 Å². The standard InChI is InChI=1S/C22H28N2O3S/c1-17-4-7-20(8-5-17)28(25,26)24-15-19-14-18(2)6-9-21(19)27-22(16-24)10-12-23(3)13-11-22/h4-9,14H,10-13,15-16H2,1-3H3. The summed E-state index contributed by atoms with van der Waals surface area (Å²) >= 11 is 0. The lowest BCUT2D eigenvalue weighted by molar-refractivity contribution is 0.000459. The molecule has 2 heterocycles. The van der Waals surface area contributed by atoms with Crippen LogP contribution in [0.25, 0.3) is 0 Å². The summed E-state index contributed by atoms with van der Waals surface area (Å²) in [6, 6.07) is 13.2. The van der Waals surface area contributed by atoms with E-state index in [-0.39, 0.29) is 0 Å². The smallest absolute Gasteiger partial charge is 0.243 e. The van der Waals surface area contributed by atoms with Crippen molar-refractivity contribution in [2.24, 2.45) is 0 Å². The molecule has 0 amide bonds. The fourth-order valence-corrected chi connectivity index (χ4v) is 5.57. The van der Waals surface area contributed by atoms with Gasteiger partial charge >= 0.3 is 0 Å². The van der Waals surface area contributed by atoms with E-state index in [4.69, 9.17) is 4.74 Å². The summed E-state index contributed by atoms with van der Waals surface area (Å²) in [6.07, 6.45) is 1.63. The van der Waals surface area contributed by atoms with Crippen molar-refractivity contribution in [2.75, 3.05) is 26.7 Å². The lowest BCUT2D eigenvalue weighted by atomic mass is 9.91. The van der Waals surface area contributed by atoms with Gasteiger partial charge in [0.25, 0.3) is 0 Å². The number of hydrogen-bond donors (Lipinski definition) is 0. The lowest BCUT2D eigenvalue weighted by Gasteiger charge is -2.41. The molecule has 4 rings (SSSR count). The summed E-state index contributed by atoms with van der Waals surface area (Å²) in [4.78, 5) is 2.62. The van der Waals surface area contributed by atoms with Crippen molar-refractivity contribution in [1.29, 1.82) is 0 Å². The van der Waals surface area contributed by atoms with Crippen molar-refractivity contribution < 1.29 is 13.2 Å². The first-order valence-electron chi connectivity index (χ1n) is 9.81. The highest BCUT2D eigenvalue weighted by Crippen LogP contribution is 2.37. The average molecular weight is 401 g/mol. The molecule has 0 aromatic heterocycles. The Balaban J connectivity index is 1.76. The van der Waals surface area contributed by atoms with Crippen LogP contribution in [-0.4, -0.2) is 49.9 Å². The molecule has 2 aromatic rings. The number of hydrogen-bond acceptors (Lipinski definition) is 4. The highest BCUT2D eigenvalue weighted by atomic mass is 32.2. The van der Waals surface area contributed by atoms with Gasteiger partial charge in [0, 0.05) is 38.0 Å². The van der Waals surface area contributed by atoms with Gasteiger partial charge in [-0.25, -0.2) is 8.42 Å². The second kappa shape index (κ2) is 7.17. The van der Waals surface area contributed by atoms with Crippen molar-refractivity contribution in [3.63, 3.8) is 0 Å². The Kier molecular flexibility index (Phi) is 4.98. The summed E-state index contributed by atoms with van der Waals surface area (Å²) < 4.78 is 35.1. The SMILES string of the molecule is Cc1ccc(S(=O)(=O)N2Cc3cc(C)ccc3OC3(CCN(C)CC3)C2)cc1. The Morgan fingerprint density at radius 2 is 1.61 bits per heavy atom. The van der Waals surface area contributed by atoms with Crippen LogP contribution in [0.4, 0.5) is 0 Å². The van der Waals surface area contributed by atoms with Gasteiger partial charge in [-0.15, -0.1) is 0 Å². The van der Waals surface area contributed by atoms with Crippen molar-refractivity contribution in [3.05, 3.63) is 59.2 Å². The Labute approximate surface area is 168 Å². The summed E-state index contributed by atoms with van der Waals surface area (Å²) in [6.45, 7) is 6.51. The van der Waals surface area contributed by atoms with Crippen LogP contribution in [0.5, 0.6) is 5.75 Å². The third kappa shape index (κ3) is 3.69. The van der Waals surface area contributed by atoms with E-state index in [9.17, 15) is 8.42 Å². The van der Waals surface area contributed by atoms with Gasteiger partial charge in [0.05, 0.1) is 11.4 Å². The molecular formula is C22H28N2O3S. The molecule has 0 saturated carbocycles. The molecule has 2 aliphatic heterocycles. The Morgan fingerprint density at radius 1 is 0.964 bits per heavy atom. The second-order valence-corrected chi connectivity index (χ2v) is 10.2. The van der Waals surface area contributed by atoms with E-state index in [0.29, 0.717) is 18.0 Å². The van der Waals surface area contributed by atoms with Gasteiger partial charge in [0.1, 0.15) is 11.4 Å². The molecule has 0 bridgehead atoms.